The molecule has 2 aliphatic carbocycles. The first kappa shape index (κ1) is 16.8. The van der Waals surface area contributed by atoms with Crippen LogP contribution in [0.15, 0.2) is 24.3 Å². The van der Waals surface area contributed by atoms with Crippen LogP contribution in [0.2, 0.25) is 0 Å². The minimum absolute atomic E-state index is 0.0220. The Morgan fingerprint density at radius 1 is 1.15 bits per heavy atom. The second-order valence-electron chi connectivity index (χ2n) is 7.15. The van der Waals surface area contributed by atoms with E-state index < -0.39 is 23.3 Å². The van der Waals surface area contributed by atoms with Gasteiger partial charge in [-0.2, -0.15) is 0 Å². The van der Waals surface area contributed by atoms with Crippen molar-refractivity contribution in [2.45, 2.75) is 31.5 Å². The summed E-state index contributed by atoms with van der Waals surface area (Å²) in [5.41, 5.74) is -0.177. The van der Waals surface area contributed by atoms with Gasteiger partial charge in [-0.1, -0.05) is 12.1 Å². The maximum absolute atomic E-state index is 13.2. The number of phenolic OH excluding ortho intramolecular Hbond substituents is 1. The van der Waals surface area contributed by atoms with Crippen molar-refractivity contribution in [3.63, 3.8) is 0 Å². The van der Waals surface area contributed by atoms with E-state index in [1.165, 1.54) is 19.2 Å². The zero-order valence-electron chi connectivity index (χ0n) is 14.4. The number of aliphatic hydroxyl groups excluding tert-OH is 1. The Balaban J connectivity index is 2.04. The number of aromatic hydroxyl groups is 1. The normalized spacial score (nSPS) is 23.9. The van der Waals surface area contributed by atoms with E-state index >= 15 is 0 Å². The van der Waals surface area contributed by atoms with Crippen molar-refractivity contribution >= 4 is 11.6 Å². The molecule has 0 spiro atoms. The van der Waals surface area contributed by atoms with Crippen LogP contribution in [0.1, 0.15) is 62.4 Å². The van der Waals surface area contributed by atoms with Crippen LogP contribution in [0, 0.1) is 0 Å². The maximum atomic E-state index is 13.2. The Hall–Kier alpha value is -2.70. The van der Waals surface area contributed by atoms with Crippen LogP contribution in [0.25, 0.3) is 0 Å². The third-order valence-corrected chi connectivity index (χ3v) is 5.14. The van der Waals surface area contributed by atoms with Gasteiger partial charge in [0, 0.05) is 24.0 Å². The largest absolute Gasteiger partial charge is 0.507 e. The molecule has 0 bridgehead atoms. The molecule has 0 radical (unpaired) electrons. The molecule has 6 heteroatoms. The van der Waals surface area contributed by atoms with Gasteiger partial charge in [0.25, 0.3) is 0 Å². The van der Waals surface area contributed by atoms with Gasteiger partial charge in [-0.05, 0) is 30.2 Å². The molecule has 0 aliphatic heterocycles. The van der Waals surface area contributed by atoms with Crippen LogP contribution >= 0.6 is 0 Å². The van der Waals surface area contributed by atoms with Crippen molar-refractivity contribution in [2.75, 3.05) is 7.11 Å². The van der Waals surface area contributed by atoms with E-state index in [1.54, 1.807) is 19.1 Å². The molecule has 0 heterocycles. The quantitative estimate of drug-likeness (QED) is 0.617. The summed E-state index contributed by atoms with van der Waals surface area (Å²) in [5.74, 6) is -1.04. The van der Waals surface area contributed by atoms with Crippen molar-refractivity contribution in [3.05, 3.63) is 57.6 Å². The molecule has 0 amide bonds. The molecule has 3 N–H and O–H groups in total. The first-order valence-electron chi connectivity index (χ1n) is 8.30. The van der Waals surface area contributed by atoms with E-state index in [9.17, 15) is 24.9 Å². The number of carbonyl (C=O) groups excluding carboxylic acids is 2. The summed E-state index contributed by atoms with van der Waals surface area (Å²) in [6.45, 7) is 1.59. The fourth-order valence-corrected chi connectivity index (χ4v) is 4.12. The number of rotatable bonds is 1. The average Bonchev–Trinajstić information content (AvgIpc) is 2.56. The molecule has 0 fully saturated rings. The summed E-state index contributed by atoms with van der Waals surface area (Å²) >= 11 is 0. The van der Waals surface area contributed by atoms with Crippen molar-refractivity contribution in [1.82, 2.24) is 0 Å². The van der Waals surface area contributed by atoms with Gasteiger partial charge >= 0.3 is 0 Å². The highest BCUT2D eigenvalue weighted by atomic mass is 16.5. The van der Waals surface area contributed by atoms with Gasteiger partial charge in [-0.25, -0.2) is 0 Å². The Kier molecular flexibility index (Phi) is 3.48. The van der Waals surface area contributed by atoms with Crippen LogP contribution < -0.4 is 4.74 Å². The number of ketones is 2. The highest BCUT2D eigenvalue weighted by Gasteiger charge is 2.42. The topological polar surface area (TPSA) is 104 Å². The van der Waals surface area contributed by atoms with Crippen LogP contribution in [0.4, 0.5) is 0 Å². The Labute approximate surface area is 149 Å². The fraction of sp³-hybridized carbons (Fsp3) is 0.300. The zero-order valence-corrected chi connectivity index (χ0v) is 14.4. The summed E-state index contributed by atoms with van der Waals surface area (Å²) in [7, 11) is 1.40. The number of aliphatic hydroxyl groups is 2. The summed E-state index contributed by atoms with van der Waals surface area (Å²) in [6.07, 6.45) is -0.886. The predicted molar refractivity (Wildman–Crippen MR) is 91.9 cm³/mol. The second-order valence-corrected chi connectivity index (χ2v) is 7.15. The van der Waals surface area contributed by atoms with Crippen molar-refractivity contribution in [2.24, 2.45) is 0 Å². The molecule has 0 saturated carbocycles. The molecule has 134 valence electrons. The smallest absolute Gasteiger partial charge is 0.201 e. The minimum Gasteiger partial charge on any atom is -0.507 e. The van der Waals surface area contributed by atoms with Gasteiger partial charge in [0.05, 0.1) is 29.9 Å². The lowest BCUT2D eigenvalue weighted by atomic mass is 9.72. The monoisotopic (exact) mass is 354 g/mol. The summed E-state index contributed by atoms with van der Waals surface area (Å²) < 4.78 is 5.21. The number of carbonyl (C=O) groups is 2. The second kappa shape index (κ2) is 5.40. The molecule has 0 saturated heterocycles. The van der Waals surface area contributed by atoms with Gasteiger partial charge < -0.3 is 20.1 Å². The first-order chi connectivity index (χ1) is 12.2. The van der Waals surface area contributed by atoms with E-state index in [1.807, 2.05) is 0 Å². The van der Waals surface area contributed by atoms with E-state index in [2.05, 4.69) is 0 Å². The van der Waals surface area contributed by atoms with Gasteiger partial charge in [-0.3, -0.25) is 9.59 Å². The van der Waals surface area contributed by atoms with Gasteiger partial charge in [0.15, 0.2) is 5.78 Å². The number of phenols is 1. The molecular formula is C20H18O6. The Bertz CT molecular complexity index is 973. The third kappa shape index (κ3) is 2.19. The van der Waals surface area contributed by atoms with E-state index in [4.69, 9.17) is 4.74 Å². The lowest BCUT2D eigenvalue weighted by molar-refractivity contribution is -0.00782. The molecule has 2 aromatic rings. The average molecular weight is 354 g/mol. The molecular weight excluding hydrogens is 336 g/mol. The summed E-state index contributed by atoms with van der Waals surface area (Å²) in [6, 6.07) is 6.08. The molecule has 2 aromatic carbocycles. The number of fused-ring (bicyclic) bond motifs is 4. The van der Waals surface area contributed by atoms with Crippen LogP contribution in [0.5, 0.6) is 11.5 Å². The minimum atomic E-state index is -1.16. The van der Waals surface area contributed by atoms with E-state index in [-0.39, 0.29) is 46.6 Å². The molecule has 1 unspecified atom stereocenters. The van der Waals surface area contributed by atoms with Gasteiger partial charge in [0.2, 0.25) is 5.78 Å². The van der Waals surface area contributed by atoms with Crippen LogP contribution in [-0.2, 0) is 6.42 Å². The van der Waals surface area contributed by atoms with E-state index in [0.29, 0.717) is 11.1 Å². The van der Waals surface area contributed by atoms with Gasteiger partial charge in [-0.15, -0.1) is 0 Å². The predicted octanol–water partition coefficient (Wildman–Crippen LogP) is 1.91. The molecule has 6 nitrogen and oxygen atoms in total. The van der Waals surface area contributed by atoms with Crippen molar-refractivity contribution in [1.29, 1.82) is 0 Å². The summed E-state index contributed by atoms with van der Waals surface area (Å²) in [4.78, 5) is 26.2. The first-order valence-corrected chi connectivity index (χ1v) is 8.30. The highest BCUT2D eigenvalue weighted by Crippen LogP contribution is 2.45. The molecule has 2 atom stereocenters. The molecule has 26 heavy (non-hydrogen) atoms. The standard InChI is InChI=1S/C20H18O6/c1-20(25)7-9-6-11(21)16-17(14(9)12(22)8-20)18(23)10-4-3-5-13(26-2)15(10)19(16)24/h3-6,12,21-22,25H,7-8H2,1-2H3/t12?,20-/m1/s1. The Morgan fingerprint density at radius 2 is 1.88 bits per heavy atom. The number of hydrogen-bond donors (Lipinski definition) is 3. The zero-order chi connectivity index (χ0) is 18.8. The van der Waals surface area contributed by atoms with E-state index in [0.717, 1.165) is 0 Å². The van der Waals surface area contributed by atoms with Crippen LogP contribution in [0.3, 0.4) is 0 Å². The number of methoxy groups -OCH3 is 1. The number of hydrogen-bond acceptors (Lipinski definition) is 6. The lowest BCUT2D eigenvalue weighted by Gasteiger charge is -2.36. The highest BCUT2D eigenvalue weighted by molar-refractivity contribution is 6.30. The maximum Gasteiger partial charge on any atom is 0.201 e. The third-order valence-electron chi connectivity index (χ3n) is 5.14. The van der Waals surface area contributed by atoms with Crippen molar-refractivity contribution < 1.29 is 29.6 Å². The van der Waals surface area contributed by atoms with Gasteiger partial charge in [0.1, 0.15) is 11.5 Å². The fourth-order valence-electron chi connectivity index (χ4n) is 4.12. The van der Waals surface area contributed by atoms with Crippen LogP contribution in [-0.4, -0.2) is 39.6 Å². The lowest BCUT2D eigenvalue weighted by Crippen LogP contribution is -2.36. The summed E-state index contributed by atoms with van der Waals surface area (Å²) in [5, 5.41) is 31.4. The molecule has 2 aliphatic rings. The molecule has 0 aromatic heterocycles. The van der Waals surface area contributed by atoms with Crippen molar-refractivity contribution in [3.8, 4) is 11.5 Å². The number of ether oxygens (including phenoxy) is 1. The molecule has 4 rings (SSSR count). The SMILES string of the molecule is COc1cccc2c1C(=O)c1c(O)cc3c(c1C2=O)C(O)C[C@](C)(O)C3. The Morgan fingerprint density at radius 3 is 2.58 bits per heavy atom. The number of benzene rings is 2.